The van der Waals surface area contributed by atoms with Crippen molar-refractivity contribution in [3.63, 3.8) is 0 Å². The molecule has 4 nitrogen and oxygen atoms in total. The highest BCUT2D eigenvalue weighted by Crippen LogP contribution is 2.27. The minimum Gasteiger partial charge on any atom is -0.397 e. The predicted octanol–water partition coefficient (Wildman–Crippen LogP) is 2.23. The Morgan fingerprint density at radius 2 is 2.33 bits per heavy atom. The lowest BCUT2D eigenvalue weighted by molar-refractivity contribution is 0.970. The molecule has 0 radical (unpaired) electrons. The number of hydrogen-bond donors (Lipinski definition) is 1. The van der Waals surface area contributed by atoms with Gasteiger partial charge in [0.25, 0.3) is 0 Å². The summed E-state index contributed by atoms with van der Waals surface area (Å²) in [5.74, 6) is 0.887. The zero-order chi connectivity index (χ0) is 10.7. The topological polar surface area (TPSA) is 64.7 Å². The average Bonchev–Trinajstić information content (AvgIpc) is 2.69. The molecule has 2 heterocycles. The van der Waals surface area contributed by atoms with Crippen molar-refractivity contribution in [1.82, 2.24) is 14.3 Å². The molecule has 2 N–H and O–H groups in total. The van der Waals surface area contributed by atoms with E-state index >= 15 is 0 Å². The molecule has 0 aliphatic carbocycles. The summed E-state index contributed by atoms with van der Waals surface area (Å²) in [6.07, 6.45) is 2.51. The van der Waals surface area contributed by atoms with E-state index in [0.717, 1.165) is 21.6 Å². The van der Waals surface area contributed by atoms with Crippen LogP contribution in [0.1, 0.15) is 12.7 Å². The van der Waals surface area contributed by atoms with E-state index in [4.69, 9.17) is 5.73 Å². The number of nitrogens with two attached hydrogens (primary N) is 1. The van der Waals surface area contributed by atoms with Crippen LogP contribution in [0.15, 0.2) is 27.7 Å². The van der Waals surface area contributed by atoms with Crippen LogP contribution in [0.25, 0.3) is 0 Å². The molecule has 0 atom stereocenters. The van der Waals surface area contributed by atoms with Crippen molar-refractivity contribution in [3.05, 3.63) is 24.2 Å². The van der Waals surface area contributed by atoms with Crippen LogP contribution >= 0.6 is 23.3 Å². The fourth-order valence-corrected chi connectivity index (χ4v) is 2.55. The highest BCUT2D eigenvalue weighted by Gasteiger charge is 2.04. The van der Waals surface area contributed by atoms with Crippen molar-refractivity contribution >= 4 is 29.0 Å². The molecule has 0 unspecified atom stereocenters. The summed E-state index contributed by atoms with van der Waals surface area (Å²) >= 11 is 2.91. The number of anilines is 1. The molecule has 15 heavy (non-hydrogen) atoms. The Morgan fingerprint density at radius 3 is 2.93 bits per heavy atom. The summed E-state index contributed by atoms with van der Waals surface area (Å²) in [6, 6.07) is 3.71. The quantitative estimate of drug-likeness (QED) is 0.888. The molecule has 78 valence electrons. The summed E-state index contributed by atoms with van der Waals surface area (Å²) in [4.78, 5) is 8.53. The van der Waals surface area contributed by atoms with Gasteiger partial charge in [-0.15, -0.1) is 0 Å². The molecule has 0 fully saturated rings. The van der Waals surface area contributed by atoms with Crippen molar-refractivity contribution in [2.75, 3.05) is 5.73 Å². The van der Waals surface area contributed by atoms with E-state index in [9.17, 15) is 0 Å². The third-order valence-corrected chi connectivity index (χ3v) is 3.46. The van der Waals surface area contributed by atoms with Crippen LogP contribution in [-0.2, 0) is 6.42 Å². The van der Waals surface area contributed by atoms with Gasteiger partial charge in [0.05, 0.1) is 11.9 Å². The fourth-order valence-electron chi connectivity index (χ4n) is 0.965. The van der Waals surface area contributed by atoms with Gasteiger partial charge < -0.3 is 5.73 Å². The lowest BCUT2D eigenvalue weighted by Crippen LogP contribution is -1.86. The van der Waals surface area contributed by atoms with Crippen LogP contribution in [0.5, 0.6) is 0 Å². The SMILES string of the molecule is CCc1nsc(Sc2ccc(N)cn2)n1. The number of hydrogen-bond acceptors (Lipinski definition) is 6. The minimum absolute atomic E-state index is 0.672. The molecule has 2 aromatic rings. The Balaban J connectivity index is 2.11. The summed E-state index contributed by atoms with van der Waals surface area (Å²) in [5, 5.41) is 0.892. The Hall–Kier alpha value is -1.14. The van der Waals surface area contributed by atoms with Crippen molar-refractivity contribution in [1.29, 1.82) is 0 Å². The third-order valence-electron chi connectivity index (χ3n) is 1.72. The molecule has 0 saturated heterocycles. The number of rotatable bonds is 3. The van der Waals surface area contributed by atoms with Crippen LogP contribution < -0.4 is 5.73 Å². The lowest BCUT2D eigenvalue weighted by atomic mass is 10.4. The highest BCUT2D eigenvalue weighted by atomic mass is 32.2. The van der Waals surface area contributed by atoms with Crippen LogP contribution in [0, 0.1) is 0 Å². The zero-order valence-corrected chi connectivity index (χ0v) is 9.81. The summed E-state index contributed by atoms with van der Waals surface area (Å²) in [7, 11) is 0. The number of nitrogen functional groups attached to an aromatic ring is 1. The first kappa shape index (κ1) is 10.4. The molecule has 0 aromatic carbocycles. The first-order chi connectivity index (χ1) is 7.28. The number of aromatic nitrogens is 3. The van der Waals surface area contributed by atoms with Crippen molar-refractivity contribution in [2.45, 2.75) is 22.7 Å². The second-order valence-electron chi connectivity index (χ2n) is 2.86. The largest absolute Gasteiger partial charge is 0.397 e. The smallest absolute Gasteiger partial charge is 0.176 e. The van der Waals surface area contributed by atoms with Gasteiger partial charge in [-0.3, -0.25) is 0 Å². The van der Waals surface area contributed by atoms with Crippen LogP contribution in [0.4, 0.5) is 5.69 Å². The van der Waals surface area contributed by atoms with E-state index in [1.54, 1.807) is 6.20 Å². The van der Waals surface area contributed by atoms with E-state index in [-0.39, 0.29) is 0 Å². The summed E-state index contributed by atoms with van der Waals surface area (Å²) < 4.78 is 5.13. The van der Waals surface area contributed by atoms with E-state index in [1.165, 1.54) is 23.3 Å². The maximum absolute atomic E-state index is 5.55. The van der Waals surface area contributed by atoms with E-state index < -0.39 is 0 Å². The van der Waals surface area contributed by atoms with Gasteiger partial charge >= 0.3 is 0 Å². The zero-order valence-electron chi connectivity index (χ0n) is 8.17. The first-order valence-electron chi connectivity index (χ1n) is 4.50. The van der Waals surface area contributed by atoms with Gasteiger partial charge in [0.15, 0.2) is 4.34 Å². The summed E-state index contributed by atoms with van der Waals surface area (Å²) in [6.45, 7) is 2.04. The normalized spacial score (nSPS) is 10.5. The van der Waals surface area contributed by atoms with Crippen LogP contribution in [0.2, 0.25) is 0 Å². The fraction of sp³-hybridized carbons (Fsp3) is 0.222. The van der Waals surface area contributed by atoms with Crippen LogP contribution in [-0.4, -0.2) is 14.3 Å². The van der Waals surface area contributed by atoms with Gasteiger partial charge in [-0.2, -0.15) is 4.37 Å². The monoisotopic (exact) mass is 238 g/mol. The van der Waals surface area contributed by atoms with E-state index in [2.05, 4.69) is 14.3 Å². The van der Waals surface area contributed by atoms with Gasteiger partial charge in [-0.1, -0.05) is 6.92 Å². The third kappa shape index (κ3) is 2.66. The molecule has 0 aliphatic heterocycles. The molecule has 0 saturated carbocycles. The molecular formula is C9H10N4S2. The molecule has 2 aromatic heterocycles. The Labute approximate surface area is 96.1 Å². The Kier molecular flexibility index (Phi) is 3.17. The highest BCUT2D eigenvalue weighted by molar-refractivity contribution is 8.00. The van der Waals surface area contributed by atoms with Crippen molar-refractivity contribution in [2.24, 2.45) is 0 Å². The van der Waals surface area contributed by atoms with Gasteiger partial charge in [-0.25, -0.2) is 9.97 Å². The van der Waals surface area contributed by atoms with Gasteiger partial charge in [-0.05, 0) is 35.4 Å². The van der Waals surface area contributed by atoms with Gasteiger partial charge in [0.2, 0.25) is 0 Å². The molecule has 0 amide bonds. The van der Waals surface area contributed by atoms with Crippen molar-refractivity contribution < 1.29 is 0 Å². The second-order valence-corrected chi connectivity index (χ2v) is 4.88. The predicted molar refractivity (Wildman–Crippen MR) is 62.1 cm³/mol. The molecular weight excluding hydrogens is 228 g/mol. The maximum Gasteiger partial charge on any atom is 0.176 e. The first-order valence-corrected chi connectivity index (χ1v) is 6.09. The molecule has 6 heteroatoms. The van der Waals surface area contributed by atoms with Crippen LogP contribution in [0.3, 0.4) is 0 Å². The van der Waals surface area contributed by atoms with E-state index in [1.807, 2.05) is 19.1 Å². The Bertz CT molecular complexity index is 438. The van der Waals surface area contributed by atoms with Gasteiger partial charge in [0.1, 0.15) is 10.9 Å². The van der Waals surface area contributed by atoms with Crippen molar-refractivity contribution in [3.8, 4) is 0 Å². The molecule has 0 bridgehead atoms. The molecule has 2 rings (SSSR count). The molecule has 0 aliphatic rings. The average molecular weight is 238 g/mol. The summed E-state index contributed by atoms with van der Waals surface area (Å²) in [5.41, 5.74) is 6.22. The van der Waals surface area contributed by atoms with E-state index in [0.29, 0.717) is 5.69 Å². The second kappa shape index (κ2) is 4.59. The Morgan fingerprint density at radius 1 is 1.47 bits per heavy atom. The lowest BCUT2D eigenvalue weighted by Gasteiger charge is -1.96. The maximum atomic E-state index is 5.55. The number of aryl methyl sites for hydroxylation is 1. The number of pyridine rings is 1. The molecule has 0 spiro atoms. The van der Waals surface area contributed by atoms with Gasteiger partial charge in [0, 0.05) is 6.42 Å². The minimum atomic E-state index is 0.672. The standard InChI is InChI=1S/C9H10N4S2/c1-2-7-12-9(15-13-7)14-8-4-3-6(10)5-11-8/h3-5H,2,10H2,1H3. The number of nitrogens with zero attached hydrogens (tertiary/aromatic N) is 3.